The van der Waals surface area contributed by atoms with Crippen molar-refractivity contribution in [3.63, 3.8) is 0 Å². The van der Waals surface area contributed by atoms with Gasteiger partial charge in [-0.25, -0.2) is 5.10 Å². The monoisotopic (exact) mass is 534 g/mol. The van der Waals surface area contributed by atoms with E-state index >= 15 is 0 Å². The number of phenols is 1. The SMILES string of the molecule is CC1=C(CN(C)C)C(=O)N(C2CCCCC2)C(=O)C1=NNc1cccc(C2CCCC(c3nnn[nH]3)C2)c1O. The standard InChI is InChI=1S/C28H38N8O3/c1-17-22(16-35(2)3)27(38)36(20-11-5-4-6-12-20)28(39)24(17)30-29-23-14-8-13-21(25(23)37)18-9-7-10-19(15-18)26-31-33-34-32-26/h8,13-14,18-20,29,37H,4-7,9-12,15-16H2,1-3H3,(H,31,32,33,34). The number of para-hydroxylation sites is 1. The molecule has 39 heavy (non-hydrogen) atoms. The first-order valence-electron chi connectivity index (χ1n) is 14.0. The number of tetrazole rings is 1. The molecule has 0 spiro atoms. The van der Waals surface area contributed by atoms with Crippen LogP contribution in [-0.4, -0.2) is 79.7 Å². The molecule has 5 rings (SSSR count). The Hall–Kier alpha value is -3.60. The van der Waals surface area contributed by atoms with Crippen molar-refractivity contribution in [1.82, 2.24) is 30.4 Å². The molecule has 2 saturated carbocycles. The fourth-order valence-corrected chi connectivity index (χ4v) is 6.28. The number of likely N-dealkylation sites (N-methyl/N-ethyl adjacent to an activating group) is 1. The van der Waals surface area contributed by atoms with Crippen molar-refractivity contribution in [3.05, 3.63) is 40.7 Å². The highest BCUT2D eigenvalue weighted by Crippen LogP contribution is 2.44. The molecule has 3 aliphatic rings. The van der Waals surface area contributed by atoms with Gasteiger partial charge in [-0.05, 0) is 86.7 Å². The zero-order valence-corrected chi connectivity index (χ0v) is 23.0. The predicted octanol–water partition coefficient (Wildman–Crippen LogP) is 3.69. The number of hydrogen-bond donors (Lipinski definition) is 3. The minimum absolute atomic E-state index is 0.107. The third-order valence-electron chi connectivity index (χ3n) is 8.34. The number of rotatable bonds is 7. The third-order valence-corrected chi connectivity index (χ3v) is 8.34. The van der Waals surface area contributed by atoms with Crippen LogP contribution in [0.15, 0.2) is 34.4 Å². The molecule has 0 saturated heterocycles. The van der Waals surface area contributed by atoms with Gasteiger partial charge < -0.3 is 10.0 Å². The van der Waals surface area contributed by atoms with Crippen molar-refractivity contribution >= 4 is 23.2 Å². The summed E-state index contributed by atoms with van der Waals surface area (Å²) in [6, 6.07) is 5.47. The van der Waals surface area contributed by atoms with E-state index in [1.54, 1.807) is 13.0 Å². The van der Waals surface area contributed by atoms with Crippen LogP contribution in [0.3, 0.4) is 0 Å². The van der Waals surface area contributed by atoms with Crippen LogP contribution in [0, 0.1) is 0 Å². The average molecular weight is 535 g/mol. The molecule has 11 heteroatoms. The number of carbonyl (C=O) groups is 2. The van der Waals surface area contributed by atoms with Gasteiger partial charge in [0.15, 0.2) is 11.5 Å². The van der Waals surface area contributed by atoms with Crippen LogP contribution >= 0.6 is 0 Å². The predicted molar refractivity (Wildman–Crippen MR) is 147 cm³/mol. The maximum absolute atomic E-state index is 13.7. The number of imide groups is 1. The number of carbonyl (C=O) groups excluding carboxylic acids is 2. The second-order valence-corrected chi connectivity index (χ2v) is 11.3. The van der Waals surface area contributed by atoms with Crippen LogP contribution in [0.1, 0.15) is 87.9 Å². The second-order valence-electron chi connectivity index (χ2n) is 11.3. The summed E-state index contributed by atoms with van der Waals surface area (Å²) in [5.41, 5.74) is 5.61. The minimum Gasteiger partial charge on any atom is -0.505 e. The minimum atomic E-state index is -0.370. The number of benzene rings is 1. The zero-order valence-electron chi connectivity index (χ0n) is 23.0. The molecule has 2 amide bonds. The van der Waals surface area contributed by atoms with Gasteiger partial charge in [-0.1, -0.05) is 37.8 Å². The van der Waals surface area contributed by atoms with E-state index < -0.39 is 0 Å². The van der Waals surface area contributed by atoms with Crippen molar-refractivity contribution in [1.29, 1.82) is 0 Å². The summed E-state index contributed by atoms with van der Waals surface area (Å²) >= 11 is 0. The fraction of sp³-hybridized carbons (Fsp3) is 0.571. The van der Waals surface area contributed by atoms with Crippen molar-refractivity contribution in [2.75, 3.05) is 26.1 Å². The molecule has 1 aromatic carbocycles. The largest absolute Gasteiger partial charge is 0.505 e. The zero-order chi connectivity index (χ0) is 27.5. The summed E-state index contributed by atoms with van der Waals surface area (Å²) < 4.78 is 0. The lowest BCUT2D eigenvalue weighted by molar-refractivity contribution is -0.142. The second kappa shape index (κ2) is 11.6. The highest BCUT2D eigenvalue weighted by atomic mass is 16.3. The molecule has 1 aliphatic heterocycles. The van der Waals surface area contributed by atoms with E-state index in [0.717, 1.165) is 69.2 Å². The summed E-state index contributed by atoms with van der Waals surface area (Å²) in [5.74, 6) is 0.681. The number of hydrazone groups is 1. The number of amides is 2. The van der Waals surface area contributed by atoms with E-state index in [1.807, 2.05) is 31.1 Å². The van der Waals surface area contributed by atoms with Gasteiger partial charge in [-0.15, -0.1) is 5.10 Å². The van der Waals surface area contributed by atoms with Crippen LogP contribution in [0.25, 0.3) is 0 Å². The van der Waals surface area contributed by atoms with E-state index in [4.69, 9.17) is 0 Å². The Labute approximate surface area is 228 Å². The Morgan fingerprint density at radius 3 is 2.56 bits per heavy atom. The van der Waals surface area contributed by atoms with Crippen LogP contribution in [0.4, 0.5) is 5.69 Å². The molecule has 0 radical (unpaired) electrons. The van der Waals surface area contributed by atoms with E-state index in [2.05, 4.69) is 31.2 Å². The van der Waals surface area contributed by atoms with Gasteiger partial charge in [0.05, 0.1) is 5.69 Å². The normalized spacial score (nSPS) is 24.2. The van der Waals surface area contributed by atoms with Gasteiger partial charge in [0.1, 0.15) is 5.75 Å². The van der Waals surface area contributed by atoms with E-state index in [0.29, 0.717) is 23.4 Å². The molecule has 2 heterocycles. The first-order chi connectivity index (χ1) is 18.8. The van der Waals surface area contributed by atoms with E-state index in [9.17, 15) is 14.7 Å². The van der Waals surface area contributed by atoms with Gasteiger partial charge >= 0.3 is 0 Å². The van der Waals surface area contributed by atoms with Gasteiger partial charge in [0.25, 0.3) is 11.8 Å². The molecule has 3 N–H and O–H groups in total. The number of nitrogens with zero attached hydrogens (tertiary/aromatic N) is 6. The van der Waals surface area contributed by atoms with Crippen LogP contribution < -0.4 is 5.43 Å². The summed E-state index contributed by atoms with van der Waals surface area (Å²) in [6.07, 6.45) is 8.57. The first-order valence-corrected chi connectivity index (χ1v) is 14.0. The highest BCUT2D eigenvalue weighted by Gasteiger charge is 2.41. The van der Waals surface area contributed by atoms with Gasteiger partial charge in [-0.3, -0.25) is 19.9 Å². The number of aromatic amines is 1. The maximum Gasteiger partial charge on any atom is 0.281 e. The Balaban J connectivity index is 1.42. The summed E-state index contributed by atoms with van der Waals surface area (Å²) in [7, 11) is 3.81. The maximum atomic E-state index is 13.7. The molecule has 2 aliphatic carbocycles. The van der Waals surface area contributed by atoms with Crippen molar-refractivity contribution in [3.8, 4) is 5.75 Å². The topological polar surface area (TPSA) is 140 Å². The summed E-state index contributed by atoms with van der Waals surface area (Å²) in [6.45, 7) is 2.20. The number of aromatic hydroxyl groups is 1. The Bertz CT molecular complexity index is 1260. The molecule has 0 bridgehead atoms. The fourth-order valence-electron chi connectivity index (χ4n) is 6.28. The van der Waals surface area contributed by atoms with Crippen LogP contribution in [-0.2, 0) is 9.59 Å². The number of phenolic OH excluding ortho intramolecular Hbond substituents is 1. The molecule has 2 fully saturated rings. The number of nitrogens with one attached hydrogen (secondary N) is 2. The average Bonchev–Trinajstić information content (AvgIpc) is 3.48. The van der Waals surface area contributed by atoms with Gasteiger partial charge in [-0.2, -0.15) is 5.10 Å². The van der Waals surface area contributed by atoms with Crippen molar-refractivity contribution < 1.29 is 14.7 Å². The van der Waals surface area contributed by atoms with Crippen molar-refractivity contribution in [2.24, 2.45) is 5.10 Å². The molecule has 11 nitrogen and oxygen atoms in total. The van der Waals surface area contributed by atoms with Crippen LogP contribution in [0.5, 0.6) is 5.75 Å². The number of anilines is 1. The third kappa shape index (κ3) is 5.59. The lowest BCUT2D eigenvalue weighted by Crippen LogP contribution is -2.53. The molecule has 2 atom stereocenters. The first kappa shape index (κ1) is 27.0. The Morgan fingerprint density at radius 1 is 1.08 bits per heavy atom. The molecule has 1 aromatic heterocycles. The molecular formula is C28H38N8O3. The molecule has 2 aromatic rings. The smallest absolute Gasteiger partial charge is 0.281 e. The van der Waals surface area contributed by atoms with E-state index in [-0.39, 0.29) is 41.2 Å². The van der Waals surface area contributed by atoms with Gasteiger partial charge in [0.2, 0.25) is 0 Å². The lowest BCUT2D eigenvalue weighted by atomic mass is 9.77. The number of hydrogen-bond acceptors (Lipinski definition) is 9. The van der Waals surface area contributed by atoms with Crippen molar-refractivity contribution in [2.45, 2.75) is 82.6 Å². The van der Waals surface area contributed by atoms with E-state index in [1.165, 1.54) is 4.90 Å². The summed E-state index contributed by atoms with van der Waals surface area (Å²) in [5, 5.41) is 30.2. The quantitative estimate of drug-likeness (QED) is 0.278. The lowest BCUT2D eigenvalue weighted by Gasteiger charge is -2.37. The van der Waals surface area contributed by atoms with Crippen LogP contribution in [0.2, 0.25) is 0 Å². The number of H-pyrrole nitrogens is 1. The Morgan fingerprint density at radius 2 is 1.85 bits per heavy atom. The highest BCUT2D eigenvalue weighted by molar-refractivity contribution is 6.50. The molecule has 2 unspecified atom stereocenters. The summed E-state index contributed by atoms with van der Waals surface area (Å²) in [4.78, 5) is 30.5. The molecule has 208 valence electrons. The van der Waals surface area contributed by atoms with Gasteiger partial charge in [0, 0.05) is 24.1 Å². The molecular weight excluding hydrogens is 496 g/mol. The Kier molecular flexibility index (Phi) is 8.06. The number of aromatic nitrogens is 4.